The third kappa shape index (κ3) is 4.30. The Balaban J connectivity index is 1.27. The smallest absolute Gasteiger partial charge is 0.164 e. The highest BCUT2D eigenvalue weighted by Gasteiger charge is 2.22. The van der Waals surface area contributed by atoms with Gasteiger partial charge in [0.25, 0.3) is 0 Å². The van der Waals surface area contributed by atoms with Crippen LogP contribution in [-0.4, -0.2) is 15.0 Å². The van der Waals surface area contributed by atoms with Crippen LogP contribution in [0.2, 0.25) is 0 Å². The highest BCUT2D eigenvalue weighted by molar-refractivity contribution is 6.30. The fourth-order valence-electron chi connectivity index (χ4n) is 7.85. The van der Waals surface area contributed by atoms with E-state index in [1.54, 1.807) is 0 Å². The van der Waals surface area contributed by atoms with E-state index in [0.29, 0.717) is 17.5 Å². The summed E-state index contributed by atoms with van der Waals surface area (Å²) in [6.07, 6.45) is 0. The van der Waals surface area contributed by atoms with E-state index in [4.69, 9.17) is 19.4 Å². The van der Waals surface area contributed by atoms with Gasteiger partial charge in [0.1, 0.15) is 11.2 Å². The van der Waals surface area contributed by atoms with Gasteiger partial charge in [0, 0.05) is 32.8 Å². The van der Waals surface area contributed by atoms with Crippen LogP contribution in [0.5, 0.6) is 0 Å². The molecule has 0 saturated carbocycles. The number of benzene rings is 9. The first kappa shape index (κ1) is 28.0. The van der Waals surface area contributed by atoms with Gasteiger partial charge in [0.15, 0.2) is 17.5 Å². The molecule has 4 nitrogen and oxygen atoms in total. The van der Waals surface area contributed by atoms with Crippen LogP contribution < -0.4 is 0 Å². The van der Waals surface area contributed by atoms with Crippen LogP contribution >= 0.6 is 0 Å². The van der Waals surface area contributed by atoms with E-state index in [1.807, 2.05) is 18.2 Å². The van der Waals surface area contributed by atoms with Crippen LogP contribution in [0.25, 0.3) is 110 Å². The summed E-state index contributed by atoms with van der Waals surface area (Å²) in [6, 6.07) is 57.4. The third-order valence-corrected chi connectivity index (χ3v) is 10.3. The first-order valence-electron chi connectivity index (χ1n) is 17.2. The molecule has 0 amide bonds. The van der Waals surface area contributed by atoms with Crippen LogP contribution in [0, 0.1) is 0 Å². The highest BCUT2D eigenvalue weighted by atomic mass is 16.3. The normalized spacial score (nSPS) is 11.9. The van der Waals surface area contributed by atoms with Crippen LogP contribution in [0.4, 0.5) is 0 Å². The molecule has 0 spiro atoms. The van der Waals surface area contributed by atoms with Crippen LogP contribution in [-0.2, 0) is 0 Å². The predicted molar refractivity (Wildman–Crippen MR) is 211 cm³/mol. The lowest BCUT2D eigenvalue weighted by Gasteiger charge is -2.12. The molecule has 0 aliphatic carbocycles. The van der Waals surface area contributed by atoms with Gasteiger partial charge in [-0.3, -0.25) is 0 Å². The topological polar surface area (TPSA) is 51.8 Å². The minimum atomic E-state index is 0.604. The number of rotatable bonds is 3. The lowest BCUT2D eigenvalue weighted by molar-refractivity contribution is 0.673. The quantitative estimate of drug-likeness (QED) is 0.179. The Kier molecular flexibility index (Phi) is 5.92. The first-order valence-corrected chi connectivity index (χ1v) is 17.2. The van der Waals surface area contributed by atoms with Gasteiger partial charge in [-0.15, -0.1) is 0 Å². The second-order valence-corrected chi connectivity index (χ2v) is 13.2. The SMILES string of the molecule is c1ccc(-c2nc(-c3ccc4ccc5ccccc5c4c3)nc(-c3cc4ccc5ccccc5c4c4oc5ccc6ccccc6c5c34)n2)cc1. The zero-order valence-corrected chi connectivity index (χ0v) is 27.3. The van der Waals surface area contributed by atoms with E-state index < -0.39 is 0 Å². The van der Waals surface area contributed by atoms with Gasteiger partial charge in [-0.25, -0.2) is 15.0 Å². The lowest BCUT2D eigenvalue weighted by Crippen LogP contribution is -2.00. The van der Waals surface area contributed by atoms with E-state index in [-0.39, 0.29) is 0 Å². The van der Waals surface area contributed by atoms with Crippen molar-refractivity contribution in [1.29, 1.82) is 0 Å². The van der Waals surface area contributed by atoms with E-state index >= 15 is 0 Å². The van der Waals surface area contributed by atoms with Crippen molar-refractivity contribution in [2.75, 3.05) is 0 Å². The Morgan fingerprint density at radius 1 is 0.333 bits per heavy atom. The second kappa shape index (κ2) is 10.8. The summed E-state index contributed by atoms with van der Waals surface area (Å²) >= 11 is 0. The molecule has 236 valence electrons. The van der Waals surface area contributed by atoms with Crippen molar-refractivity contribution in [3.8, 4) is 34.2 Å². The minimum absolute atomic E-state index is 0.604. The largest absolute Gasteiger partial charge is 0.455 e. The van der Waals surface area contributed by atoms with Crippen molar-refractivity contribution in [2.24, 2.45) is 0 Å². The van der Waals surface area contributed by atoms with Gasteiger partial charge in [-0.1, -0.05) is 146 Å². The molecule has 0 aliphatic heterocycles. The highest BCUT2D eigenvalue weighted by Crippen LogP contribution is 2.45. The summed E-state index contributed by atoms with van der Waals surface area (Å²) in [5.41, 5.74) is 4.45. The summed E-state index contributed by atoms with van der Waals surface area (Å²) in [7, 11) is 0. The van der Waals surface area contributed by atoms with Gasteiger partial charge in [0.05, 0.1) is 0 Å². The zero-order chi connectivity index (χ0) is 33.5. The molecule has 11 aromatic rings. The molecular formula is C47H27N3O. The molecule has 0 bridgehead atoms. The molecule has 51 heavy (non-hydrogen) atoms. The molecular weight excluding hydrogens is 623 g/mol. The van der Waals surface area contributed by atoms with Gasteiger partial charge >= 0.3 is 0 Å². The van der Waals surface area contributed by atoms with Gasteiger partial charge in [-0.05, 0) is 66.7 Å². The fourth-order valence-corrected chi connectivity index (χ4v) is 7.85. The summed E-state index contributed by atoms with van der Waals surface area (Å²) in [4.78, 5) is 15.7. The van der Waals surface area contributed by atoms with E-state index in [1.165, 1.54) is 26.9 Å². The Morgan fingerprint density at radius 3 is 1.61 bits per heavy atom. The standard InChI is InChI=1S/C47H27N3O/c1-2-13-32(14-3-1)45-48-46(34-23-21-31-19-18-28-10-4-7-15-35(28)38(31)27-34)50-47(49-45)39-26-33-22-20-29-11-5-8-16-36(29)41(33)44-43(39)42-37-17-9-6-12-30(37)24-25-40(42)51-44/h1-27H. The second-order valence-electron chi connectivity index (χ2n) is 13.2. The summed E-state index contributed by atoms with van der Waals surface area (Å²) in [6.45, 7) is 0. The average molecular weight is 650 g/mol. The molecule has 0 unspecified atom stereocenters. The molecule has 2 heterocycles. The number of hydrogen-bond donors (Lipinski definition) is 0. The molecule has 0 saturated heterocycles. The van der Waals surface area contributed by atoms with Gasteiger partial charge in [-0.2, -0.15) is 0 Å². The van der Waals surface area contributed by atoms with Crippen molar-refractivity contribution in [1.82, 2.24) is 15.0 Å². The minimum Gasteiger partial charge on any atom is -0.455 e. The van der Waals surface area contributed by atoms with E-state index in [9.17, 15) is 0 Å². The third-order valence-electron chi connectivity index (χ3n) is 10.3. The summed E-state index contributed by atoms with van der Waals surface area (Å²) in [5.74, 6) is 1.85. The molecule has 0 aliphatic rings. The molecule has 0 fully saturated rings. The molecule has 11 rings (SSSR count). The fraction of sp³-hybridized carbons (Fsp3) is 0. The number of aromatic nitrogens is 3. The van der Waals surface area contributed by atoms with Gasteiger partial charge in [0.2, 0.25) is 0 Å². The van der Waals surface area contributed by atoms with Gasteiger partial charge < -0.3 is 4.42 Å². The zero-order valence-electron chi connectivity index (χ0n) is 27.3. The van der Waals surface area contributed by atoms with E-state index in [0.717, 1.165) is 65.6 Å². The Morgan fingerprint density at radius 2 is 0.863 bits per heavy atom. The maximum Gasteiger partial charge on any atom is 0.164 e. The predicted octanol–water partition coefficient (Wildman–Crippen LogP) is 12.5. The Labute approximate surface area is 292 Å². The maximum absolute atomic E-state index is 6.89. The van der Waals surface area contributed by atoms with Crippen molar-refractivity contribution in [3.05, 3.63) is 164 Å². The molecule has 4 heteroatoms. The molecule has 9 aromatic carbocycles. The molecule has 0 atom stereocenters. The maximum atomic E-state index is 6.89. The Hall–Kier alpha value is -6.91. The van der Waals surface area contributed by atoms with E-state index in [2.05, 4.69) is 146 Å². The summed E-state index contributed by atoms with van der Waals surface area (Å²) < 4.78 is 6.89. The molecule has 2 aromatic heterocycles. The van der Waals surface area contributed by atoms with Crippen LogP contribution in [0.1, 0.15) is 0 Å². The van der Waals surface area contributed by atoms with Crippen LogP contribution in [0.3, 0.4) is 0 Å². The van der Waals surface area contributed by atoms with Crippen molar-refractivity contribution >= 4 is 75.8 Å². The monoisotopic (exact) mass is 649 g/mol. The number of furan rings is 1. The number of nitrogens with zero attached hydrogens (tertiary/aromatic N) is 3. The molecule has 0 radical (unpaired) electrons. The van der Waals surface area contributed by atoms with Crippen molar-refractivity contribution in [3.63, 3.8) is 0 Å². The van der Waals surface area contributed by atoms with Crippen molar-refractivity contribution in [2.45, 2.75) is 0 Å². The van der Waals surface area contributed by atoms with Crippen molar-refractivity contribution < 1.29 is 4.42 Å². The lowest BCUT2D eigenvalue weighted by atomic mass is 9.94. The number of fused-ring (bicyclic) bond motifs is 12. The van der Waals surface area contributed by atoms with Crippen LogP contribution in [0.15, 0.2) is 168 Å². The average Bonchev–Trinajstić information content (AvgIpc) is 3.60. The Bertz CT molecular complexity index is 3200. The molecule has 0 N–H and O–H groups in total. The first-order chi connectivity index (χ1) is 25.3. The number of hydrogen-bond acceptors (Lipinski definition) is 4. The summed E-state index contributed by atoms with van der Waals surface area (Å²) in [5, 5.41) is 13.6.